The Labute approximate surface area is 221 Å². The molecule has 0 aliphatic carbocycles. The van der Waals surface area contributed by atoms with Crippen molar-refractivity contribution in [3.63, 3.8) is 0 Å². The smallest absolute Gasteiger partial charge is 0.418 e. The number of aromatic nitrogens is 4. The Balaban J connectivity index is 1.77. The van der Waals surface area contributed by atoms with E-state index in [2.05, 4.69) is 15.1 Å². The highest BCUT2D eigenvalue weighted by atomic mass is 19.4. The van der Waals surface area contributed by atoms with E-state index in [1.165, 1.54) is 24.0 Å². The number of halogens is 3. The Morgan fingerprint density at radius 1 is 1.23 bits per heavy atom. The average molecular weight is 546 g/mol. The summed E-state index contributed by atoms with van der Waals surface area (Å²) in [6.07, 6.45) is -4.20. The summed E-state index contributed by atoms with van der Waals surface area (Å²) in [5, 5.41) is 23.7. The lowest BCUT2D eigenvalue weighted by molar-refractivity contribution is -0.138. The van der Waals surface area contributed by atoms with E-state index in [-0.39, 0.29) is 48.3 Å². The second kappa shape index (κ2) is 10.0. The monoisotopic (exact) mass is 545 g/mol. The van der Waals surface area contributed by atoms with Gasteiger partial charge >= 0.3 is 18.3 Å². The minimum Gasteiger partial charge on any atom is -0.479 e. The topological polar surface area (TPSA) is 137 Å². The number of carbonyl (C=O) groups excluding carboxylic acids is 1. The number of aromatic hydroxyl groups is 1. The van der Waals surface area contributed by atoms with Crippen LogP contribution >= 0.6 is 0 Å². The first kappa shape index (κ1) is 27.6. The summed E-state index contributed by atoms with van der Waals surface area (Å²) in [4.78, 5) is 37.0. The molecule has 2 aromatic heterocycles. The number of carbonyl (C=O) groups is 1. The van der Waals surface area contributed by atoms with Crippen LogP contribution in [0.15, 0.2) is 29.2 Å². The summed E-state index contributed by atoms with van der Waals surface area (Å²) < 4.78 is 47.5. The Morgan fingerprint density at radius 2 is 1.95 bits per heavy atom. The number of amides is 1. The standard InChI is InChI=1S/C25H26F3N7O4/c1-14-6-5-7-17(18(14)25(26,27)28)35-21(36)19-16(12-30-35)20(32-22(37)31-19)33-10-11-34(15(13-33)8-9-29)23(38)39-24(2,3)4/h5-7,12,15H,8,10-11,13H2,1-4H3,(H,31,32,37). The summed E-state index contributed by atoms with van der Waals surface area (Å²) in [5.74, 6) is 0.0984. The van der Waals surface area contributed by atoms with Crippen LogP contribution in [-0.2, 0) is 10.9 Å². The summed E-state index contributed by atoms with van der Waals surface area (Å²) in [5.41, 5.74) is -3.65. The van der Waals surface area contributed by atoms with Crippen LogP contribution in [0, 0.1) is 18.3 Å². The Hall–Kier alpha value is -4.41. The SMILES string of the molecule is Cc1cccc(-n2ncc3c(N4CCN(C(=O)OC(C)(C)C)C(CC#N)C4)nc(O)nc3c2=O)c1C(F)(F)F. The summed E-state index contributed by atoms with van der Waals surface area (Å²) in [6, 6.07) is 4.46. The first-order valence-corrected chi connectivity index (χ1v) is 12.0. The van der Waals surface area contributed by atoms with E-state index in [9.17, 15) is 33.1 Å². The minimum atomic E-state index is -4.75. The van der Waals surface area contributed by atoms with Gasteiger partial charge in [0.2, 0.25) is 0 Å². The van der Waals surface area contributed by atoms with Gasteiger partial charge in [0.15, 0.2) is 0 Å². The van der Waals surface area contributed by atoms with Gasteiger partial charge in [-0.15, -0.1) is 0 Å². The molecule has 11 nitrogen and oxygen atoms in total. The second-order valence-electron chi connectivity index (χ2n) is 10.1. The van der Waals surface area contributed by atoms with Gasteiger partial charge in [0.05, 0.1) is 41.4 Å². The Bertz CT molecular complexity index is 1530. The number of hydrogen-bond acceptors (Lipinski definition) is 9. The van der Waals surface area contributed by atoms with Gasteiger partial charge in [-0.05, 0) is 39.3 Å². The van der Waals surface area contributed by atoms with Crippen molar-refractivity contribution in [2.24, 2.45) is 0 Å². The van der Waals surface area contributed by atoms with Gasteiger partial charge < -0.3 is 19.6 Å². The molecule has 1 amide bonds. The predicted octanol–water partition coefficient (Wildman–Crippen LogP) is 3.55. The number of ether oxygens (including phenoxy) is 1. The molecule has 4 rings (SSSR count). The molecule has 1 aliphatic heterocycles. The van der Waals surface area contributed by atoms with Crippen molar-refractivity contribution in [1.82, 2.24) is 24.6 Å². The van der Waals surface area contributed by atoms with Crippen LogP contribution in [-0.4, -0.2) is 67.1 Å². The van der Waals surface area contributed by atoms with Gasteiger partial charge in [0.1, 0.15) is 16.9 Å². The predicted molar refractivity (Wildman–Crippen MR) is 134 cm³/mol. The van der Waals surface area contributed by atoms with Gasteiger partial charge in [-0.2, -0.15) is 38.2 Å². The number of aryl methyl sites for hydroxylation is 1. The lowest BCUT2D eigenvalue weighted by Gasteiger charge is -2.41. The van der Waals surface area contributed by atoms with Crippen molar-refractivity contribution >= 4 is 22.8 Å². The molecule has 1 fully saturated rings. The fourth-order valence-corrected chi connectivity index (χ4v) is 4.50. The van der Waals surface area contributed by atoms with Gasteiger partial charge in [-0.25, -0.2) is 4.79 Å². The van der Waals surface area contributed by atoms with E-state index < -0.39 is 46.7 Å². The minimum absolute atomic E-state index is 0.0244. The van der Waals surface area contributed by atoms with Crippen LogP contribution in [0.2, 0.25) is 0 Å². The fraction of sp³-hybridized carbons (Fsp3) is 0.440. The Morgan fingerprint density at radius 3 is 2.59 bits per heavy atom. The van der Waals surface area contributed by atoms with Crippen LogP contribution in [0.25, 0.3) is 16.6 Å². The number of nitrogens with zero attached hydrogens (tertiary/aromatic N) is 7. The second-order valence-corrected chi connectivity index (χ2v) is 10.1. The van der Waals surface area contributed by atoms with Gasteiger partial charge in [0, 0.05) is 19.6 Å². The lowest BCUT2D eigenvalue weighted by Crippen LogP contribution is -2.56. The van der Waals surface area contributed by atoms with Crippen LogP contribution < -0.4 is 10.5 Å². The molecule has 1 atom stereocenters. The summed E-state index contributed by atoms with van der Waals surface area (Å²) >= 11 is 0. The summed E-state index contributed by atoms with van der Waals surface area (Å²) in [7, 11) is 0. The number of nitriles is 1. The van der Waals surface area contributed by atoms with Crippen molar-refractivity contribution < 1.29 is 27.8 Å². The number of fused-ring (bicyclic) bond motifs is 1. The fourth-order valence-electron chi connectivity index (χ4n) is 4.50. The van der Waals surface area contributed by atoms with Crippen LogP contribution in [0.3, 0.4) is 0 Å². The highest BCUT2D eigenvalue weighted by molar-refractivity contribution is 5.89. The molecule has 0 radical (unpaired) electrons. The maximum Gasteiger partial charge on any atom is 0.418 e. The molecular formula is C25H26F3N7O4. The van der Waals surface area contributed by atoms with Crippen molar-refractivity contribution in [1.29, 1.82) is 5.26 Å². The molecule has 1 N–H and O–H groups in total. The van der Waals surface area contributed by atoms with Crippen molar-refractivity contribution in [3.8, 4) is 17.8 Å². The average Bonchev–Trinajstić information content (AvgIpc) is 2.82. The zero-order valence-electron chi connectivity index (χ0n) is 21.7. The largest absolute Gasteiger partial charge is 0.479 e. The van der Waals surface area contributed by atoms with E-state index in [1.54, 1.807) is 25.7 Å². The van der Waals surface area contributed by atoms with Crippen LogP contribution in [0.1, 0.15) is 38.3 Å². The lowest BCUT2D eigenvalue weighted by atomic mass is 10.1. The normalized spacial score (nSPS) is 16.3. The molecule has 3 aromatic rings. The highest BCUT2D eigenvalue weighted by Gasteiger charge is 2.37. The zero-order valence-corrected chi connectivity index (χ0v) is 21.7. The number of benzene rings is 1. The first-order chi connectivity index (χ1) is 18.2. The third-order valence-corrected chi connectivity index (χ3v) is 6.11. The third-order valence-electron chi connectivity index (χ3n) is 6.11. The molecule has 1 aliphatic rings. The molecule has 1 unspecified atom stereocenters. The number of piperazine rings is 1. The molecule has 1 saturated heterocycles. The van der Waals surface area contributed by atoms with E-state index in [1.807, 2.05) is 6.07 Å². The maximum atomic E-state index is 13.8. The quantitative estimate of drug-likeness (QED) is 0.524. The van der Waals surface area contributed by atoms with E-state index >= 15 is 0 Å². The third kappa shape index (κ3) is 5.57. The molecule has 0 spiro atoms. The maximum absolute atomic E-state index is 13.8. The van der Waals surface area contributed by atoms with Crippen molar-refractivity contribution in [2.75, 3.05) is 24.5 Å². The number of hydrogen-bond donors (Lipinski definition) is 1. The molecule has 0 saturated carbocycles. The van der Waals surface area contributed by atoms with Crippen molar-refractivity contribution in [3.05, 3.63) is 45.9 Å². The molecule has 3 heterocycles. The van der Waals surface area contributed by atoms with E-state index in [0.29, 0.717) is 4.68 Å². The van der Waals surface area contributed by atoms with E-state index in [4.69, 9.17) is 4.74 Å². The molecule has 0 bridgehead atoms. The molecule has 14 heteroatoms. The molecular weight excluding hydrogens is 519 g/mol. The van der Waals surface area contributed by atoms with Gasteiger partial charge in [-0.3, -0.25) is 4.79 Å². The number of anilines is 1. The number of rotatable bonds is 3. The van der Waals surface area contributed by atoms with Gasteiger partial charge in [0.25, 0.3) is 5.56 Å². The first-order valence-electron chi connectivity index (χ1n) is 12.0. The van der Waals surface area contributed by atoms with Crippen LogP contribution in [0.4, 0.5) is 23.8 Å². The number of alkyl halides is 3. The zero-order chi connectivity index (χ0) is 28.7. The highest BCUT2D eigenvalue weighted by Crippen LogP contribution is 2.36. The van der Waals surface area contributed by atoms with Gasteiger partial charge in [-0.1, -0.05) is 12.1 Å². The molecule has 1 aromatic carbocycles. The van der Waals surface area contributed by atoms with Crippen LogP contribution in [0.5, 0.6) is 6.01 Å². The molecule has 206 valence electrons. The molecule has 39 heavy (non-hydrogen) atoms. The Kier molecular flexibility index (Phi) is 7.12. The van der Waals surface area contributed by atoms with E-state index in [0.717, 1.165) is 12.3 Å². The summed E-state index contributed by atoms with van der Waals surface area (Å²) in [6.45, 7) is 6.91. The van der Waals surface area contributed by atoms with Crippen molar-refractivity contribution in [2.45, 2.75) is 51.9 Å².